The monoisotopic (exact) mass is 287 g/mol. The molecule has 0 aliphatic rings. The lowest BCUT2D eigenvalue weighted by atomic mass is 10.0. The first kappa shape index (κ1) is 13.1. The molecule has 0 unspecified atom stereocenters. The van der Waals surface area contributed by atoms with Crippen molar-refractivity contribution in [1.29, 1.82) is 0 Å². The second kappa shape index (κ2) is 4.99. The summed E-state index contributed by atoms with van der Waals surface area (Å²) in [6, 6.07) is 16.8. The highest BCUT2D eigenvalue weighted by atomic mass is 16.3. The Balaban J connectivity index is 2.05. The maximum absolute atomic E-state index is 6.14. The van der Waals surface area contributed by atoms with Gasteiger partial charge < -0.3 is 4.42 Å². The van der Waals surface area contributed by atoms with E-state index in [9.17, 15) is 0 Å². The number of pyridine rings is 1. The molecular formula is C20H17NO. The number of benzene rings is 2. The third-order valence-corrected chi connectivity index (χ3v) is 4.16. The van der Waals surface area contributed by atoms with E-state index in [0.29, 0.717) is 0 Å². The number of nitrogens with zero attached hydrogens (tertiary/aromatic N) is 1. The molecule has 0 amide bonds. The highest BCUT2D eigenvalue weighted by molar-refractivity contribution is 6.09. The molecule has 0 fully saturated rings. The zero-order valence-electron chi connectivity index (χ0n) is 12.8. The van der Waals surface area contributed by atoms with E-state index in [-0.39, 0.29) is 0 Å². The van der Waals surface area contributed by atoms with Crippen LogP contribution >= 0.6 is 0 Å². The minimum atomic E-state index is 0.920. The van der Waals surface area contributed by atoms with Crippen molar-refractivity contribution >= 4 is 21.9 Å². The van der Waals surface area contributed by atoms with Gasteiger partial charge >= 0.3 is 0 Å². The Labute approximate surface area is 129 Å². The zero-order valence-corrected chi connectivity index (χ0v) is 12.8. The third-order valence-electron chi connectivity index (χ3n) is 4.16. The molecular weight excluding hydrogens is 270 g/mol. The molecule has 0 saturated carbocycles. The molecule has 0 radical (unpaired) electrons. The molecule has 2 heterocycles. The molecule has 4 aromatic rings. The van der Waals surface area contributed by atoms with Gasteiger partial charge in [0.05, 0.1) is 5.69 Å². The van der Waals surface area contributed by atoms with Crippen LogP contribution in [0, 0.1) is 6.92 Å². The fourth-order valence-electron chi connectivity index (χ4n) is 2.95. The van der Waals surface area contributed by atoms with Gasteiger partial charge in [-0.05, 0) is 54.8 Å². The molecule has 0 aliphatic carbocycles. The molecule has 2 heteroatoms. The molecule has 0 saturated heterocycles. The quantitative estimate of drug-likeness (QED) is 0.485. The first-order valence-electron chi connectivity index (χ1n) is 7.63. The summed E-state index contributed by atoms with van der Waals surface area (Å²) in [5.41, 5.74) is 6.40. The van der Waals surface area contributed by atoms with Gasteiger partial charge in [-0.25, -0.2) is 0 Å². The highest BCUT2D eigenvalue weighted by Crippen LogP contribution is 2.35. The van der Waals surface area contributed by atoms with Gasteiger partial charge in [0.2, 0.25) is 0 Å². The summed E-state index contributed by atoms with van der Waals surface area (Å²) in [7, 11) is 0. The van der Waals surface area contributed by atoms with Crippen molar-refractivity contribution < 1.29 is 4.42 Å². The van der Waals surface area contributed by atoms with Crippen molar-refractivity contribution in [1.82, 2.24) is 4.98 Å². The van der Waals surface area contributed by atoms with Crippen LogP contribution in [0.4, 0.5) is 0 Å². The van der Waals surface area contributed by atoms with Crippen LogP contribution in [-0.2, 0) is 6.42 Å². The Hall–Kier alpha value is -2.61. The molecule has 22 heavy (non-hydrogen) atoms. The van der Waals surface area contributed by atoms with Crippen LogP contribution in [0.25, 0.3) is 33.2 Å². The summed E-state index contributed by atoms with van der Waals surface area (Å²) in [6.45, 7) is 4.25. The highest BCUT2D eigenvalue weighted by Gasteiger charge is 2.13. The van der Waals surface area contributed by atoms with Crippen molar-refractivity contribution in [3.8, 4) is 11.3 Å². The average molecular weight is 287 g/mol. The van der Waals surface area contributed by atoms with Crippen molar-refractivity contribution in [2.45, 2.75) is 20.3 Å². The van der Waals surface area contributed by atoms with Crippen molar-refractivity contribution in [2.75, 3.05) is 0 Å². The van der Waals surface area contributed by atoms with Gasteiger partial charge in [-0.2, -0.15) is 0 Å². The second-order valence-corrected chi connectivity index (χ2v) is 5.69. The maximum Gasteiger partial charge on any atom is 0.144 e. The topological polar surface area (TPSA) is 26.0 Å². The van der Waals surface area contributed by atoms with E-state index in [1.54, 1.807) is 0 Å². The van der Waals surface area contributed by atoms with Gasteiger partial charge in [0, 0.05) is 22.5 Å². The van der Waals surface area contributed by atoms with Gasteiger partial charge in [0.15, 0.2) is 0 Å². The van der Waals surface area contributed by atoms with Gasteiger partial charge in [-0.15, -0.1) is 0 Å². The third kappa shape index (κ3) is 2.00. The van der Waals surface area contributed by atoms with Crippen molar-refractivity contribution in [2.24, 2.45) is 0 Å². The zero-order chi connectivity index (χ0) is 15.1. The SMILES string of the molecule is CCc1ccc2oc3c(-c4cc(C)ccn4)cccc3c2c1. The van der Waals surface area contributed by atoms with Crippen LogP contribution < -0.4 is 0 Å². The van der Waals surface area contributed by atoms with E-state index in [2.05, 4.69) is 61.3 Å². The Bertz CT molecular complexity index is 982. The van der Waals surface area contributed by atoms with Gasteiger partial charge in [-0.3, -0.25) is 4.98 Å². The van der Waals surface area contributed by atoms with Crippen LogP contribution in [0.2, 0.25) is 0 Å². The van der Waals surface area contributed by atoms with Crippen molar-refractivity contribution in [3.05, 3.63) is 65.9 Å². The Morgan fingerprint density at radius 1 is 1.00 bits per heavy atom. The fourth-order valence-corrected chi connectivity index (χ4v) is 2.95. The van der Waals surface area contributed by atoms with E-state index in [1.807, 2.05) is 12.3 Å². The number of hydrogen-bond acceptors (Lipinski definition) is 2. The number of fused-ring (bicyclic) bond motifs is 3. The molecule has 2 aromatic heterocycles. The largest absolute Gasteiger partial charge is 0.455 e. The normalized spacial score (nSPS) is 11.4. The van der Waals surface area contributed by atoms with E-state index in [0.717, 1.165) is 34.2 Å². The first-order valence-corrected chi connectivity index (χ1v) is 7.63. The van der Waals surface area contributed by atoms with E-state index in [4.69, 9.17) is 4.42 Å². The van der Waals surface area contributed by atoms with Gasteiger partial charge in [0.25, 0.3) is 0 Å². The predicted molar refractivity (Wildman–Crippen MR) is 91.1 cm³/mol. The lowest BCUT2D eigenvalue weighted by molar-refractivity contribution is 0.669. The average Bonchev–Trinajstić information content (AvgIpc) is 2.92. The standard InChI is InChI=1S/C20H17NO/c1-3-14-7-8-19-17(12-14)15-5-4-6-16(20(15)22-19)18-11-13(2)9-10-21-18/h4-12H,3H2,1-2H3. The van der Waals surface area contributed by atoms with Crippen molar-refractivity contribution in [3.63, 3.8) is 0 Å². The molecule has 0 aliphatic heterocycles. The second-order valence-electron chi connectivity index (χ2n) is 5.69. The summed E-state index contributed by atoms with van der Waals surface area (Å²) in [5, 5.41) is 2.34. The Kier molecular flexibility index (Phi) is 2.97. The molecule has 2 nitrogen and oxygen atoms in total. The van der Waals surface area contributed by atoms with E-state index >= 15 is 0 Å². The smallest absolute Gasteiger partial charge is 0.144 e. The number of furan rings is 1. The predicted octanol–water partition coefficient (Wildman–Crippen LogP) is 5.52. The number of aromatic nitrogens is 1. The van der Waals surface area contributed by atoms with E-state index in [1.165, 1.54) is 16.5 Å². The van der Waals surface area contributed by atoms with Gasteiger partial charge in [0.1, 0.15) is 11.2 Å². The van der Waals surface area contributed by atoms with Crippen LogP contribution in [0.15, 0.2) is 59.1 Å². The van der Waals surface area contributed by atoms with Crippen LogP contribution in [0.1, 0.15) is 18.1 Å². The molecule has 0 atom stereocenters. The summed E-state index contributed by atoms with van der Waals surface area (Å²) in [5.74, 6) is 0. The van der Waals surface area contributed by atoms with Crippen LogP contribution in [-0.4, -0.2) is 4.98 Å². The Morgan fingerprint density at radius 2 is 1.91 bits per heavy atom. The summed E-state index contributed by atoms with van der Waals surface area (Å²) >= 11 is 0. The Morgan fingerprint density at radius 3 is 2.73 bits per heavy atom. The minimum absolute atomic E-state index is 0.920. The number of para-hydroxylation sites is 1. The molecule has 2 aromatic carbocycles. The molecule has 0 N–H and O–H groups in total. The van der Waals surface area contributed by atoms with E-state index < -0.39 is 0 Å². The van der Waals surface area contributed by atoms with Crippen LogP contribution in [0.5, 0.6) is 0 Å². The summed E-state index contributed by atoms with van der Waals surface area (Å²) in [6.07, 6.45) is 2.88. The molecule has 0 bridgehead atoms. The number of aryl methyl sites for hydroxylation is 2. The molecule has 108 valence electrons. The number of hydrogen-bond donors (Lipinski definition) is 0. The van der Waals surface area contributed by atoms with Crippen LogP contribution in [0.3, 0.4) is 0 Å². The first-order chi connectivity index (χ1) is 10.8. The fraction of sp³-hybridized carbons (Fsp3) is 0.150. The summed E-state index contributed by atoms with van der Waals surface area (Å²) in [4.78, 5) is 4.50. The maximum atomic E-state index is 6.14. The lowest BCUT2D eigenvalue weighted by Crippen LogP contribution is -1.84. The molecule has 4 rings (SSSR count). The number of rotatable bonds is 2. The lowest BCUT2D eigenvalue weighted by Gasteiger charge is -2.02. The molecule has 0 spiro atoms. The minimum Gasteiger partial charge on any atom is -0.455 e. The van der Waals surface area contributed by atoms with Gasteiger partial charge in [-0.1, -0.05) is 25.1 Å². The summed E-state index contributed by atoms with van der Waals surface area (Å²) < 4.78 is 6.14.